The highest BCUT2D eigenvalue weighted by atomic mass is 16.5. The normalized spacial score (nSPS) is 42.4. The Balaban J connectivity index is 1.54. The van der Waals surface area contributed by atoms with Crippen molar-refractivity contribution in [3.8, 4) is 0 Å². The van der Waals surface area contributed by atoms with Crippen LogP contribution in [0.4, 0.5) is 5.69 Å². The fourth-order valence-electron chi connectivity index (χ4n) is 6.15. The van der Waals surface area contributed by atoms with Crippen molar-refractivity contribution in [2.24, 2.45) is 5.41 Å². The molecule has 1 aromatic carbocycles. The summed E-state index contributed by atoms with van der Waals surface area (Å²) >= 11 is 0. The molecule has 5 nitrogen and oxygen atoms in total. The van der Waals surface area contributed by atoms with Gasteiger partial charge in [-0.15, -0.1) is 0 Å². The smallest absolute Gasteiger partial charge is 0.236 e. The Labute approximate surface area is 152 Å². The number of ether oxygens (including phenoxy) is 1. The summed E-state index contributed by atoms with van der Waals surface area (Å²) in [6.07, 6.45) is 7.37. The molecule has 6 rings (SSSR count). The van der Waals surface area contributed by atoms with Crippen molar-refractivity contribution in [2.45, 2.75) is 56.4 Å². The van der Waals surface area contributed by atoms with Crippen molar-refractivity contribution in [3.05, 3.63) is 42.0 Å². The molecule has 26 heavy (non-hydrogen) atoms. The van der Waals surface area contributed by atoms with E-state index in [-0.39, 0.29) is 30.0 Å². The molecule has 134 valence electrons. The number of benzene rings is 1. The molecule has 0 aromatic heterocycles. The number of anilines is 1. The molecule has 0 aliphatic carbocycles. The molecule has 3 saturated heterocycles. The molecule has 5 aliphatic heterocycles. The Bertz CT molecular complexity index is 880. The van der Waals surface area contributed by atoms with Gasteiger partial charge < -0.3 is 14.5 Å². The van der Waals surface area contributed by atoms with E-state index in [4.69, 9.17) is 4.74 Å². The second kappa shape index (κ2) is 4.58. The summed E-state index contributed by atoms with van der Waals surface area (Å²) in [5.41, 5.74) is 1.01. The second-order valence-electron chi connectivity index (χ2n) is 8.54. The third kappa shape index (κ3) is 1.49. The van der Waals surface area contributed by atoms with Gasteiger partial charge in [-0.1, -0.05) is 30.4 Å². The van der Waals surface area contributed by atoms with E-state index in [1.165, 1.54) is 0 Å². The molecular weight excluding hydrogens is 328 g/mol. The number of nitrogens with zero attached hydrogens (tertiary/aromatic N) is 2. The number of rotatable bonds is 1. The lowest BCUT2D eigenvalue weighted by Crippen LogP contribution is -2.51. The average Bonchev–Trinajstić information content (AvgIpc) is 3.36. The molecule has 0 unspecified atom stereocenters. The van der Waals surface area contributed by atoms with Gasteiger partial charge in [0.05, 0.1) is 23.6 Å². The molecule has 5 heteroatoms. The lowest BCUT2D eigenvalue weighted by atomic mass is 9.68. The van der Waals surface area contributed by atoms with Crippen molar-refractivity contribution in [3.63, 3.8) is 0 Å². The maximum Gasteiger partial charge on any atom is 0.236 e. The van der Waals surface area contributed by atoms with E-state index in [1.807, 2.05) is 28.0 Å². The number of amides is 2. The second-order valence-corrected chi connectivity index (χ2v) is 8.54. The monoisotopic (exact) mass is 350 g/mol. The molecule has 1 aromatic rings. The molecule has 0 radical (unpaired) electrons. The number of carbonyl (C=O) groups excluding carboxylic acids is 2. The topological polar surface area (TPSA) is 49.9 Å². The minimum absolute atomic E-state index is 0.0311. The van der Waals surface area contributed by atoms with Gasteiger partial charge in [0.15, 0.2) is 0 Å². The zero-order valence-corrected chi connectivity index (χ0v) is 14.9. The molecule has 0 saturated carbocycles. The van der Waals surface area contributed by atoms with Crippen LogP contribution in [0, 0.1) is 5.41 Å². The summed E-state index contributed by atoms with van der Waals surface area (Å²) in [5.74, 6) is 0.406. The largest absolute Gasteiger partial charge is 0.360 e. The molecule has 5 heterocycles. The van der Waals surface area contributed by atoms with Crippen LogP contribution in [0.25, 0.3) is 0 Å². The average molecular weight is 350 g/mol. The number of carbonyl (C=O) groups is 2. The van der Waals surface area contributed by atoms with Gasteiger partial charge in [0.2, 0.25) is 11.8 Å². The third-order valence-corrected chi connectivity index (χ3v) is 7.36. The van der Waals surface area contributed by atoms with Crippen LogP contribution in [0.3, 0.4) is 0 Å². The Morgan fingerprint density at radius 2 is 2.08 bits per heavy atom. The summed E-state index contributed by atoms with van der Waals surface area (Å²) in [4.78, 5) is 30.0. The summed E-state index contributed by atoms with van der Waals surface area (Å²) in [5, 5.41) is 0. The van der Waals surface area contributed by atoms with Gasteiger partial charge in [-0.2, -0.15) is 0 Å². The Hall–Kier alpha value is -2.14. The number of hydrogen-bond donors (Lipinski definition) is 0. The Kier molecular flexibility index (Phi) is 2.63. The summed E-state index contributed by atoms with van der Waals surface area (Å²) in [7, 11) is 0. The van der Waals surface area contributed by atoms with Gasteiger partial charge in [-0.25, -0.2) is 0 Å². The van der Waals surface area contributed by atoms with Crippen LogP contribution in [0.2, 0.25) is 0 Å². The summed E-state index contributed by atoms with van der Waals surface area (Å²) in [6, 6.07) is 8.10. The van der Waals surface area contributed by atoms with Crippen LogP contribution in [0.5, 0.6) is 0 Å². The minimum Gasteiger partial charge on any atom is -0.360 e. The van der Waals surface area contributed by atoms with Gasteiger partial charge in [0, 0.05) is 18.7 Å². The Morgan fingerprint density at radius 1 is 1.23 bits per heavy atom. The van der Waals surface area contributed by atoms with Crippen LogP contribution in [0.15, 0.2) is 36.4 Å². The molecule has 5 aliphatic rings. The van der Waals surface area contributed by atoms with Gasteiger partial charge in [-0.05, 0) is 37.8 Å². The van der Waals surface area contributed by atoms with E-state index in [9.17, 15) is 9.59 Å². The van der Waals surface area contributed by atoms with E-state index in [0.29, 0.717) is 6.42 Å². The van der Waals surface area contributed by atoms with E-state index < -0.39 is 11.0 Å². The maximum atomic E-state index is 13.5. The summed E-state index contributed by atoms with van der Waals surface area (Å²) < 4.78 is 6.40. The molecule has 0 N–H and O–H groups in total. The fourth-order valence-corrected chi connectivity index (χ4v) is 6.15. The predicted octanol–water partition coefficient (Wildman–Crippen LogP) is 2.57. The maximum absolute atomic E-state index is 13.5. The summed E-state index contributed by atoms with van der Waals surface area (Å²) in [6.45, 7) is 2.87. The lowest BCUT2D eigenvalue weighted by Gasteiger charge is -2.44. The van der Waals surface area contributed by atoms with Gasteiger partial charge in [-0.3, -0.25) is 9.59 Å². The molecule has 2 amide bonds. The van der Waals surface area contributed by atoms with Crippen molar-refractivity contribution in [1.29, 1.82) is 0 Å². The van der Waals surface area contributed by atoms with Crippen LogP contribution >= 0.6 is 0 Å². The number of para-hydroxylation sites is 1. The van der Waals surface area contributed by atoms with Crippen molar-refractivity contribution in [1.82, 2.24) is 4.90 Å². The van der Waals surface area contributed by atoms with E-state index >= 15 is 0 Å². The standard InChI is InChI=1S/C21H22N2O3/c1-20-12-13-8-9-21(20,26-13)17-11-16(22-10-4-7-18(22)24)14-5-2-3-6-15(14)23(17)19(20)25/h2-3,5-6,8-9,13,16-17H,4,7,10-12H2,1H3/t13-,16+,17+,20+,21-/m1/s1. The lowest BCUT2D eigenvalue weighted by molar-refractivity contribution is -0.130. The van der Waals surface area contributed by atoms with Gasteiger partial charge in [0.25, 0.3) is 0 Å². The number of fused-ring (bicyclic) bond motifs is 4. The third-order valence-electron chi connectivity index (χ3n) is 7.36. The molecule has 1 spiro atoms. The minimum atomic E-state index is -0.552. The van der Waals surface area contributed by atoms with Gasteiger partial charge >= 0.3 is 0 Å². The Morgan fingerprint density at radius 3 is 2.85 bits per heavy atom. The first kappa shape index (κ1) is 15.0. The molecule has 2 bridgehead atoms. The zero-order chi connectivity index (χ0) is 17.7. The molecule has 3 fully saturated rings. The van der Waals surface area contributed by atoms with Crippen LogP contribution in [-0.4, -0.2) is 41.0 Å². The highest BCUT2D eigenvalue weighted by Crippen LogP contribution is 2.63. The quantitative estimate of drug-likeness (QED) is 0.732. The van der Waals surface area contributed by atoms with E-state index in [0.717, 1.165) is 37.1 Å². The highest BCUT2D eigenvalue weighted by Gasteiger charge is 2.73. The van der Waals surface area contributed by atoms with E-state index in [1.54, 1.807) is 0 Å². The van der Waals surface area contributed by atoms with Crippen molar-refractivity contribution < 1.29 is 14.3 Å². The number of hydrogen-bond acceptors (Lipinski definition) is 3. The van der Waals surface area contributed by atoms with Crippen LogP contribution < -0.4 is 4.90 Å². The SMILES string of the molecule is C[C@@]12C[C@H]3C=C[C@@]1(O3)[C@@H]1C[C@H](N3CCCC3=O)c3ccccc3N1C2=O. The van der Waals surface area contributed by atoms with Crippen molar-refractivity contribution >= 4 is 17.5 Å². The van der Waals surface area contributed by atoms with Crippen LogP contribution in [0.1, 0.15) is 44.2 Å². The van der Waals surface area contributed by atoms with E-state index in [2.05, 4.69) is 25.1 Å². The number of likely N-dealkylation sites (tertiary alicyclic amines) is 1. The predicted molar refractivity (Wildman–Crippen MR) is 95.5 cm³/mol. The molecule has 5 atom stereocenters. The first-order valence-electron chi connectivity index (χ1n) is 9.64. The first-order chi connectivity index (χ1) is 12.6. The highest BCUT2D eigenvalue weighted by molar-refractivity contribution is 6.04. The van der Waals surface area contributed by atoms with Crippen LogP contribution in [-0.2, 0) is 14.3 Å². The molecular formula is C21H22N2O3. The fraction of sp³-hybridized carbons (Fsp3) is 0.524. The van der Waals surface area contributed by atoms with Crippen molar-refractivity contribution in [2.75, 3.05) is 11.4 Å². The zero-order valence-electron chi connectivity index (χ0n) is 14.9. The van der Waals surface area contributed by atoms with Gasteiger partial charge in [0.1, 0.15) is 5.60 Å². The first-order valence-corrected chi connectivity index (χ1v) is 9.64.